The molecule has 2 aromatic carbocycles. The van der Waals surface area contributed by atoms with Crippen LogP contribution in [0.3, 0.4) is 0 Å². The second-order valence-corrected chi connectivity index (χ2v) is 13.7. The summed E-state index contributed by atoms with van der Waals surface area (Å²) in [5, 5.41) is 4.21. The number of ether oxygens (including phenoxy) is 2. The van der Waals surface area contributed by atoms with Gasteiger partial charge in [0.1, 0.15) is 11.3 Å². The zero-order valence-corrected chi connectivity index (χ0v) is 26.6. The number of aryl methyl sites for hydroxylation is 1. The van der Waals surface area contributed by atoms with Gasteiger partial charge in [-0.1, -0.05) is 55.8 Å². The van der Waals surface area contributed by atoms with E-state index in [0.29, 0.717) is 42.2 Å². The Hall–Kier alpha value is -3.05. The van der Waals surface area contributed by atoms with Crippen LogP contribution in [0.25, 0.3) is 0 Å². The quantitative estimate of drug-likeness (QED) is 0.249. The standard InChI is InChI=1S/C37H45ClN2O3/c1-4-26-10-7-14-32-34(26)33(15-20-39-32)43-24-25(2)21-28-22-27-9-5-6-13-31(27)36(28)16-18-37(19-17-36,35(41)42-3)40-30-12-8-11-29(38)23-30/h5-6,8-9,11-13,15,20,23,25-26,28,40H,4,7,10,14,16-19,21-22,24H2,1-3H3/t25-,26-,28+,36?,37?/m1/s1. The highest BCUT2D eigenvalue weighted by Gasteiger charge is 2.54. The molecule has 0 amide bonds. The molecule has 3 aromatic rings. The number of fused-ring (bicyclic) bond motifs is 3. The number of pyridine rings is 1. The summed E-state index contributed by atoms with van der Waals surface area (Å²) in [6.07, 6.45) is 12.0. The fraction of sp³-hybridized carbons (Fsp3) is 0.514. The highest BCUT2D eigenvalue weighted by atomic mass is 35.5. The number of hydrogen-bond acceptors (Lipinski definition) is 5. The van der Waals surface area contributed by atoms with E-state index in [1.54, 1.807) is 0 Å². The van der Waals surface area contributed by atoms with Gasteiger partial charge in [-0.3, -0.25) is 4.98 Å². The first-order valence-electron chi connectivity index (χ1n) is 16.2. The predicted octanol–water partition coefficient (Wildman–Crippen LogP) is 8.68. The number of nitrogens with one attached hydrogen (secondary N) is 1. The van der Waals surface area contributed by atoms with Gasteiger partial charge < -0.3 is 14.8 Å². The molecule has 6 rings (SSSR count). The van der Waals surface area contributed by atoms with Crippen LogP contribution in [-0.4, -0.2) is 30.2 Å². The lowest BCUT2D eigenvalue weighted by molar-refractivity contribution is -0.148. The lowest BCUT2D eigenvalue weighted by Gasteiger charge is -2.47. The summed E-state index contributed by atoms with van der Waals surface area (Å²) in [5.41, 5.74) is 5.65. The third-order valence-corrected chi connectivity index (χ3v) is 10.9. The SMILES string of the molecule is CC[C@@H]1CCCc2nccc(OC[C@H](C)C[C@H]3Cc4ccccc4C34CCC(Nc3cccc(Cl)c3)(C(=O)OC)CC4)c21. The normalized spacial score (nSPS) is 26.8. The van der Waals surface area contributed by atoms with Crippen molar-refractivity contribution in [3.8, 4) is 5.75 Å². The van der Waals surface area contributed by atoms with Crippen LogP contribution >= 0.6 is 11.6 Å². The Morgan fingerprint density at radius 2 is 1.93 bits per heavy atom. The van der Waals surface area contributed by atoms with Gasteiger partial charge in [0.05, 0.1) is 13.7 Å². The average Bonchev–Trinajstić information content (AvgIpc) is 3.32. The van der Waals surface area contributed by atoms with Crippen LogP contribution < -0.4 is 10.1 Å². The van der Waals surface area contributed by atoms with Crippen LogP contribution in [0.2, 0.25) is 5.02 Å². The van der Waals surface area contributed by atoms with Gasteiger partial charge in [0.25, 0.3) is 0 Å². The van der Waals surface area contributed by atoms with Gasteiger partial charge in [0.15, 0.2) is 0 Å². The second-order valence-electron chi connectivity index (χ2n) is 13.2. The number of benzene rings is 2. The zero-order chi connectivity index (χ0) is 30.0. The number of methoxy groups -OCH3 is 1. The van der Waals surface area contributed by atoms with E-state index in [1.807, 2.05) is 30.5 Å². The van der Waals surface area contributed by atoms with Gasteiger partial charge in [0, 0.05) is 28.2 Å². The molecule has 0 radical (unpaired) electrons. The lowest BCUT2D eigenvalue weighted by atomic mass is 9.59. The van der Waals surface area contributed by atoms with E-state index in [2.05, 4.69) is 49.5 Å². The highest BCUT2D eigenvalue weighted by molar-refractivity contribution is 6.30. The highest BCUT2D eigenvalue weighted by Crippen LogP contribution is 2.56. The zero-order valence-electron chi connectivity index (χ0n) is 25.8. The van der Waals surface area contributed by atoms with Crippen LogP contribution in [0, 0.1) is 11.8 Å². The molecule has 1 spiro atoms. The van der Waals surface area contributed by atoms with Crippen molar-refractivity contribution in [2.75, 3.05) is 19.0 Å². The minimum absolute atomic E-state index is 0.0432. The molecule has 3 aliphatic rings. The summed E-state index contributed by atoms with van der Waals surface area (Å²) >= 11 is 6.29. The van der Waals surface area contributed by atoms with Crippen molar-refractivity contribution in [2.45, 2.75) is 94.9 Å². The lowest BCUT2D eigenvalue weighted by Crippen LogP contribution is -2.53. The minimum Gasteiger partial charge on any atom is -0.493 e. The number of hydrogen-bond donors (Lipinski definition) is 1. The molecule has 1 fully saturated rings. The summed E-state index contributed by atoms with van der Waals surface area (Å²) in [7, 11) is 1.49. The minimum atomic E-state index is -0.766. The van der Waals surface area contributed by atoms with Crippen molar-refractivity contribution in [3.05, 3.63) is 88.2 Å². The van der Waals surface area contributed by atoms with E-state index < -0.39 is 5.54 Å². The Balaban J connectivity index is 1.20. The second kappa shape index (κ2) is 12.5. The molecular formula is C37H45ClN2O3. The van der Waals surface area contributed by atoms with E-state index in [0.717, 1.165) is 50.0 Å². The number of anilines is 1. The number of nitrogens with zero attached hydrogens (tertiary/aromatic N) is 1. The first-order valence-corrected chi connectivity index (χ1v) is 16.6. The van der Waals surface area contributed by atoms with Crippen molar-refractivity contribution < 1.29 is 14.3 Å². The van der Waals surface area contributed by atoms with Crippen molar-refractivity contribution in [1.29, 1.82) is 0 Å². The van der Waals surface area contributed by atoms with Crippen molar-refractivity contribution in [3.63, 3.8) is 0 Å². The number of aromatic nitrogens is 1. The number of carbonyl (C=O) groups is 1. The van der Waals surface area contributed by atoms with Crippen molar-refractivity contribution in [1.82, 2.24) is 4.98 Å². The van der Waals surface area contributed by atoms with Crippen molar-refractivity contribution >= 4 is 23.3 Å². The Morgan fingerprint density at radius 3 is 2.70 bits per heavy atom. The summed E-state index contributed by atoms with van der Waals surface area (Å²) in [6, 6.07) is 18.7. The van der Waals surface area contributed by atoms with Gasteiger partial charge in [-0.25, -0.2) is 4.79 Å². The summed E-state index contributed by atoms with van der Waals surface area (Å²) in [6.45, 7) is 5.32. The van der Waals surface area contributed by atoms with Gasteiger partial charge in [-0.05, 0) is 123 Å². The molecule has 1 heterocycles. The fourth-order valence-electron chi connectivity index (χ4n) is 8.50. The first-order chi connectivity index (χ1) is 20.9. The largest absolute Gasteiger partial charge is 0.493 e. The Kier molecular flexibility index (Phi) is 8.73. The smallest absolute Gasteiger partial charge is 0.331 e. The number of halogens is 1. The van der Waals surface area contributed by atoms with Crippen LogP contribution in [0.15, 0.2) is 60.8 Å². The summed E-state index contributed by atoms with van der Waals surface area (Å²) < 4.78 is 12.0. The number of carbonyl (C=O) groups excluding carboxylic acids is 1. The monoisotopic (exact) mass is 600 g/mol. The first kappa shape index (κ1) is 30.0. The molecule has 3 aliphatic carbocycles. The third kappa shape index (κ3) is 5.78. The van der Waals surface area contributed by atoms with E-state index in [1.165, 1.54) is 42.3 Å². The molecule has 1 N–H and O–H groups in total. The Labute approximate surface area is 261 Å². The van der Waals surface area contributed by atoms with E-state index in [-0.39, 0.29) is 11.4 Å². The maximum absolute atomic E-state index is 13.3. The molecule has 1 saturated carbocycles. The molecule has 3 atom stereocenters. The molecule has 0 saturated heterocycles. The van der Waals surface area contributed by atoms with Crippen LogP contribution in [0.5, 0.6) is 5.75 Å². The molecule has 43 heavy (non-hydrogen) atoms. The Morgan fingerprint density at radius 1 is 1.12 bits per heavy atom. The van der Waals surface area contributed by atoms with Gasteiger partial charge in [-0.15, -0.1) is 0 Å². The average molecular weight is 601 g/mol. The van der Waals surface area contributed by atoms with E-state index >= 15 is 0 Å². The van der Waals surface area contributed by atoms with Gasteiger partial charge >= 0.3 is 5.97 Å². The van der Waals surface area contributed by atoms with Crippen LogP contribution in [0.4, 0.5) is 5.69 Å². The Bertz CT molecular complexity index is 1450. The molecule has 6 heteroatoms. The molecule has 1 aromatic heterocycles. The fourth-order valence-corrected chi connectivity index (χ4v) is 8.70. The molecule has 0 unspecified atom stereocenters. The molecule has 5 nitrogen and oxygen atoms in total. The van der Waals surface area contributed by atoms with Crippen LogP contribution in [0.1, 0.15) is 93.5 Å². The molecule has 0 bridgehead atoms. The summed E-state index contributed by atoms with van der Waals surface area (Å²) in [5.74, 6) is 2.30. The predicted molar refractivity (Wildman–Crippen MR) is 173 cm³/mol. The number of rotatable bonds is 9. The summed E-state index contributed by atoms with van der Waals surface area (Å²) in [4.78, 5) is 18.0. The topological polar surface area (TPSA) is 60.5 Å². The molecule has 228 valence electrons. The van der Waals surface area contributed by atoms with Gasteiger partial charge in [0.2, 0.25) is 0 Å². The van der Waals surface area contributed by atoms with Gasteiger partial charge in [-0.2, -0.15) is 0 Å². The van der Waals surface area contributed by atoms with E-state index in [4.69, 9.17) is 26.1 Å². The molecule has 0 aliphatic heterocycles. The third-order valence-electron chi connectivity index (χ3n) is 10.7. The number of esters is 1. The maximum Gasteiger partial charge on any atom is 0.331 e. The van der Waals surface area contributed by atoms with Crippen molar-refractivity contribution in [2.24, 2.45) is 11.8 Å². The van der Waals surface area contributed by atoms with E-state index in [9.17, 15) is 4.79 Å². The maximum atomic E-state index is 13.3. The molecular weight excluding hydrogens is 556 g/mol. The van der Waals surface area contributed by atoms with Crippen LogP contribution in [-0.2, 0) is 27.8 Å².